The number of allylic oxidation sites excluding steroid dienone is 1. The summed E-state index contributed by atoms with van der Waals surface area (Å²) in [5.41, 5.74) is 1.98. The lowest BCUT2D eigenvalue weighted by molar-refractivity contribution is -0.114. The summed E-state index contributed by atoms with van der Waals surface area (Å²) < 4.78 is 10.9. The molecule has 0 unspecified atom stereocenters. The number of aromatic nitrogens is 1. The molecule has 1 aromatic heterocycles. The Kier molecular flexibility index (Phi) is 5.60. The second kappa shape index (κ2) is 8.46. The van der Waals surface area contributed by atoms with Gasteiger partial charge in [0.15, 0.2) is 11.5 Å². The molecule has 1 aliphatic carbocycles. The van der Waals surface area contributed by atoms with Crippen LogP contribution in [0.25, 0.3) is 5.57 Å². The number of carbonyl (C=O) groups is 1. The lowest BCUT2D eigenvalue weighted by atomic mass is 9.93. The number of pyridine rings is 1. The van der Waals surface area contributed by atoms with Crippen molar-refractivity contribution in [1.82, 2.24) is 4.98 Å². The molecule has 0 atom stereocenters. The Balaban J connectivity index is 1.65. The number of rotatable bonds is 5. The van der Waals surface area contributed by atoms with Crippen molar-refractivity contribution in [1.29, 1.82) is 0 Å². The third kappa shape index (κ3) is 3.88. The van der Waals surface area contributed by atoms with Gasteiger partial charge in [-0.3, -0.25) is 9.69 Å². The van der Waals surface area contributed by atoms with Gasteiger partial charge in [0, 0.05) is 18.3 Å². The Labute approximate surface area is 166 Å². The smallest absolute Gasteiger partial charge is 0.252 e. The molecule has 0 radical (unpaired) electrons. The Bertz CT molecular complexity index is 857. The van der Waals surface area contributed by atoms with E-state index in [2.05, 4.69) is 11.9 Å². The Hall–Kier alpha value is -2.82. The molecule has 2 aliphatic rings. The summed E-state index contributed by atoms with van der Waals surface area (Å²) in [7, 11) is 0. The van der Waals surface area contributed by atoms with Gasteiger partial charge in [0.2, 0.25) is 6.79 Å². The topological polar surface area (TPSA) is 51.7 Å². The molecule has 1 amide bonds. The van der Waals surface area contributed by atoms with Crippen molar-refractivity contribution in [3.8, 4) is 11.5 Å². The van der Waals surface area contributed by atoms with Gasteiger partial charge >= 0.3 is 0 Å². The zero-order valence-electron chi connectivity index (χ0n) is 16.3. The van der Waals surface area contributed by atoms with Crippen LogP contribution >= 0.6 is 0 Å². The summed E-state index contributed by atoms with van der Waals surface area (Å²) in [6.07, 6.45) is 9.90. The molecule has 146 valence electrons. The fourth-order valence-electron chi connectivity index (χ4n) is 4.02. The monoisotopic (exact) mass is 378 g/mol. The lowest BCUT2D eigenvalue weighted by Crippen LogP contribution is -2.41. The van der Waals surface area contributed by atoms with E-state index in [9.17, 15) is 4.79 Å². The second-order valence-corrected chi connectivity index (χ2v) is 7.28. The molecule has 0 spiro atoms. The quantitative estimate of drug-likeness (QED) is 0.689. The van der Waals surface area contributed by atoms with Crippen LogP contribution in [-0.4, -0.2) is 23.7 Å². The average molecular weight is 378 g/mol. The third-order valence-electron chi connectivity index (χ3n) is 5.50. The molecule has 28 heavy (non-hydrogen) atoms. The first kappa shape index (κ1) is 18.5. The number of benzene rings is 1. The first-order valence-corrected chi connectivity index (χ1v) is 10.1. The summed E-state index contributed by atoms with van der Waals surface area (Å²) in [4.78, 5) is 19.7. The maximum absolute atomic E-state index is 13.4. The molecule has 2 aromatic rings. The molecule has 1 aromatic carbocycles. The van der Waals surface area contributed by atoms with E-state index in [1.807, 2.05) is 41.3 Å². The number of hydrogen-bond donors (Lipinski definition) is 0. The zero-order chi connectivity index (χ0) is 19.3. The first-order chi connectivity index (χ1) is 13.8. The average Bonchev–Trinajstić information content (AvgIpc) is 3.21. The number of amides is 1. The molecule has 0 saturated heterocycles. The van der Waals surface area contributed by atoms with E-state index in [4.69, 9.17) is 9.47 Å². The Morgan fingerprint density at radius 3 is 2.71 bits per heavy atom. The molecular formula is C23H26N2O3. The van der Waals surface area contributed by atoms with Gasteiger partial charge in [-0.1, -0.05) is 38.3 Å². The van der Waals surface area contributed by atoms with Crippen LogP contribution in [0.2, 0.25) is 0 Å². The molecule has 0 bridgehead atoms. The van der Waals surface area contributed by atoms with Crippen LogP contribution in [0.3, 0.4) is 0 Å². The number of nitrogens with zero attached hydrogens (tertiary/aromatic N) is 2. The molecule has 4 rings (SSSR count). The van der Waals surface area contributed by atoms with Gasteiger partial charge in [0.1, 0.15) is 5.82 Å². The molecule has 0 N–H and O–H groups in total. The fourth-order valence-corrected chi connectivity index (χ4v) is 4.02. The standard InChI is InChI=1S/C23H26N2O3/c1-2-17(18-11-12-20-21(14-18)28-16-27-20)15-23(26)25(19-8-4-3-5-9-19)22-10-6-7-13-24-22/h6-7,10-15,19H,2-5,8-9,16H2,1H3. The van der Waals surface area contributed by atoms with Crippen molar-refractivity contribution in [2.24, 2.45) is 0 Å². The van der Waals surface area contributed by atoms with Crippen LogP contribution in [0.1, 0.15) is 51.0 Å². The van der Waals surface area contributed by atoms with E-state index < -0.39 is 0 Å². The minimum atomic E-state index is 0.000108. The van der Waals surface area contributed by atoms with Gasteiger partial charge in [0.05, 0.1) is 0 Å². The number of anilines is 1. The minimum absolute atomic E-state index is 0.000108. The number of carbonyl (C=O) groups excluding carboxylic acids is 1. The predicted molar refractivity (Wildman–Crippen MR) is 109 cm³/mol. The molecular weight excluding hydrogens is 352 g/mol. The van der Waals surface area contributed by atoms with Gasteiger partial charge in [-0.25, -0.2) is 4.98 Å². The van der Waals surface area contributed by atoms with E-state index in [0.29, 0.717) is 0 Å². The van der Waals surface area contributed by atoms with E-state index in [1.54, 1.807) is 12.3 Å². The van der Waals surface area contributed by atoms with Crippen LogP contribution in [0.4, 0.5) is 5.82 Å². The van der Waals surface area contributed by atoms with Crippen molar-refractivity contribution >= 4 is 17.3 Å². The van der Waals surface area contributed by atoms with Crippen molar-refractivity contribution in [3.63, 3.8) is 0 Å². The summed E-state index contributed by atoms with van der Waals surface area (Å²) in [6.45, 7) is 2.31. The zero-order valence-corrected chi connectivity index (χ0v) is 16.3. The van der Waals surface area contributed by atoms with Gasteiger partial charge in [0.25, 0.3) is 5.91 Å². The van der Waals surface area contributed by atoms with Crippen LogP contribution in [-0.2, 0) is 4.79 Å². The third-order valence-corrected chi connectivity index (χ3v) is 5.50. The second-order valence-electron chi connectivity index (χ2n) is 7.28. The van der Waals surface area contributed by atoms with Crippen molar-refractivity contribution in [2.45, 2.75) is 51.5 Å². The van der Waals surface area contributed by atoms with Crippen molar-refractivity contribution in [3.05, 3.63) is 54.2 Å². The number of hydrogen-bond acceptors (Lipinski definition) is 4. The maximum Gasteiger partial charge on any atom is 0.252 e. The first-order valence-electron chi connectivity index (χ1n) is 10.1. The van der Waals surface area contributed by atoms with Crippen LogP contribution in [0.15, 0.2) is 48.7 Å². The number of ether oxygens (including phenoxy) is 2. The lowest BCUT2D eigenvalue weighted by Gasteiger charge is -2.33. The Morgan fingerprint density at radius 2 is 1.96 bits per heavy atom. The summed E-state index contributed by atoms with van der Waals surface area (Å²) in [5.74, 6) is 2.22. The minimum Gasteiger partial charge on any atom is -0.454 e. The van der Waals surface area contributed by atoms with E-state index in [1.165, 1.54) is 6.42 Å². The van der Waals surface area contributed by atoms with E-state index >= 15 is 0 Å². The highest BCUT2D eigenvalue weighted by molar-refractivity contribution is 6.05. The molecule has 5 heteroatoms. The van der Waals surface area contributed by atoms with Crippen LogP contribution in [0, 0.1) is 0 Å². The van der Waals surface area contributed by atoms with Crippen molar-refractivity contribution < 1.29 is 14.3 Å². The molecule has 1 saturated carbocycles. The molecule has 5 nitrogen and oxygen atoms in total. The summed E-state index contributed by atoms with van der Waals surface area (Å²) in [6, 6.07) is 11.8. The van der Waals surface area contributed by atoms with Gasteiger partial charge in [-0.2, -0.15) is 0 Å². The highest BCUT2D eigenvalue weighted by Gasteiger charge is 2.27. The normalized spacial score (nSPS) is 16.8. The molecule has 2 heterocycles. The molecule has 1 fully saturated rings. The Morgan fingerprint density at radius 1 is 1.14 bits per heavy atom. The van der Waals surface area contributed by atoms with Crippen LogP contribution in [0.5, 0.6) is 11.5 Å². The van der Waals surface area contributed by atoms with Crippen LogP contribution < -0.4 is 14.4 Å². The SMILES string of the molecule is CCC(=CC(=O)N(c1ccccn1)C1CCCCC1)c1ccc2c(c1)OCO2. The highest BCUT2D eigenvalue weighted by Crippen LogP contribution is 2.35. The van der Waals surface area contributed by atoms with Gasteiger partial charge in [-0.05, 0) is 54.7 Å². The number of fused-ring (bicyclic) bond motifs is 1. The van der Waals surface area contributed by atoms with E-state index in [-0.39, 0.29) is 18.7 Å². The predicted octanol–water partition coefficient (Wildman–Crippen LogP) is 4.97. The maximum atomic E-state index is 13.4. The van der Waals surface area contributed by atoms with E-state index in [0.717, 1.165) is 60.6 Å². The summed E-state index contributed by atoms with van der Waals surface area (Å²) in [5, 5.41) is 0. The highest BCUT2D eigenvalue weighted by atomic mass is 16.7. The van der Waals surface area contributed by atoms with Gasteiger partial charge in [-0.15, -0.1) is 0 Å². The fraction of sp³-hybridized carbons (Fsp3) is 0.391. The molecule has 1 aliphatic heterocycles. The largest absolute Gasteiger partial charge is 0.454 e. The summed E-state index contributed by atoms with van der Waals surface area (Å²) >= 11 is 0. The van der Waals surface area contributed by atoms with Gasteiger partial charge < -0.3 is 9.47 Å². The van der Waals surface area contributed by atoms with Crippen molar-refractivity contribution in [2.75, 3.05) is 11.7 Å².